The molecule has 0 aliphatic rings. The van der Waals surface area contributed by atoms with Crippen LogP contribution in [0.4, 0.5) is 11.4 Å². The van der Waals surface area contributed by atoms with Crippen LogP contribution in [-0.2, 0) is 16.2 Å². The van der Waals surface area contributed by atoms with E-state index in [1.807, 2.05) is 67.8 Å². The number of benzene rings is 1. The van der Waals surface area contributed by atoms with Gasteiger partial charge in [-0.15, -0.1) is 0 Å². The van der Waals surface area contributed by atoms with E-state index < -0.39 is 24.0 Å². The molecule has 1 aromatic rings. The fourth-order valence-electron chi connectivity index (χ4n) is 2.62. The van der Waals surface area contributed by atoms with Crippen molar-refractivity contribution in [2.75, 3.05) is 36.1 Å². The summed E-state index contributed by atoms with van der Waals surface area (Å²) in [6.45, 7) is 1.28. The zero-order chi connectivity index (χ0) is 22.5. The van der Waals surface area contributed by atoms with E-state index in [1.165, 1.54) is 23.6 Å². The summed E-state index contributed by atoms with van der Waals surface area (Å²) >= 11 is 5.88. The molecule has 12 heteroatoms. The number of aliphatic hydroxyl groups is 5. The first-order chi connectivity index (χ1) is 13.5. The third-order valence-corrected chi connectivity index (χ3v) is 7.30. The summed E-state index contributed by atoms with van der Waals surface area (Å²) in [5.41, 5.74) is 1.10. The van der Waals surface area contributed by atoms with E-state index in [4.69, 9.17) is 0 Å². The topological polar surface area (TPSA) is 142 Å². The van der Waals surface area contributed by atoms with Crippen LogP contribution in [0.5, 0.6) is 0 Å². The van der Waals surface area contributed by atoms with E-state index >= 15 is 0 Å². The molecule has 5 N–H and O–H groups in total. The van der Waals surface area contributed by atoms with Crippen LogP contribution in [-0.4, -0.2) is 75.9 Å². The molecule has 0 aliphatic heterocycles. The normalized spacial score (nSPS) is 13.2. The van der Waals surface area contributed by atoms with Gasteiger partial charge in [-0.25, -0.2) is 0 Å². The summed E-state index contributed by atoms with van der Waals surface area (Å²) in [4.78, 5) is 27.6. The lowest BCUT2D eigenvalue weighted by Gasteiger charge is -2.32. The number of hydrogen-bond acceptors (Lipinski definition) is 7. The zero-order valence-electron chi connectivity index (χ0n) is 15.8. The molecule has 164 valence electrons. The predicted molar refractivity (Wildman–Crippen MR) is 133 cm³/mol. The Balaban J connectivity index is 3.91. The maximum absolute atomic E-state index is 12.6. The first-order valence-electron chi connectivity index (χ1n) is 8.55. The standard InChI is InChI=1S/C17H23I3N2O7/c1-8(26)16(28)21(3-5-23)14-11(18)10(7-25)12(19)15(13(14)20)22(4-6-24)17(29)9(2)27/h8-9,23-27H,3-7H2,1-2H3. The Morgan fingerprint density at radius 2 is 1.14 bits per heavy atom. The molecular weight excluding hydrogens is 725 g/mol. The van der Waals surface area contributed by atoms with Crippen molar-refractivity contribution >= 4 is 91.0 Å². The van der Waals surface area contributed by atoms with E-state index in [0.717, 1.165) is 0 Å². The average molecular weight is 748 g/mol. The fourth-order valence-corrected chi connectivity index (χ4v) is 7.29. The molecule has 1 aromatic carbocycles. The summed E-state index contributed by atoms with van der Waals surface area (Å²) in [6, 6.07) is 0. The summed E-state index contributed by atoms with van der Waals surface area (Å²) in [6.07, 6.45) is -2.66. The second-order valence-electron chi connectivity index (χ2n) is 6.05. The quantitative estimate of drug-likeness (QED) is 0.231. The van der Waals surface area contributed by atoms with E-state index in [-0.39, 0.29) is 32.9 Å². The van der Waals surface area contributed by atoms with Crippen LogP contribution in [0.3, 0.4) is 0 Å². The molecule has 0 saturated heterocycles. The minimum atomic E-state index is -1.33. The monoisotopic (exact) mass is 748 g/mol. The number of amides is 2. The maximum Gasteiger partial charge on any atom is 0.255 e. The Kier molecular flexibility index (Phi) is 11.5. The van der Waals surface area contributed by atoms with Crippen molar-refractivity contribution in [3.05, 3.63) is 16.3 Å². The second-order valence-corrected chi connectivity index (χ2v) is 9.29. The number of anilines is 2. The number of nitrogens with zero attached hydrogens (tertiary/aromatic N) is 2. The SMILES string of the molecule is CC(O)C(=O)N(CCO)c1c(I)c(CO)c(I)c(N(CCO)C(=O)C(C)O)c1I. The Bertz CT molecular complexity index is 702. The summed E-state index contributed by atoms with van der Waals surface area (Å²) in [7, 11) is 0. The van der Waals surface area contributed by atoms with Gasteiger partial charge in [-0.2, -0.15) is 0 Å². The van der Waals surface area contributed by atoms with Gasteiger partial charge in [-0.05, 0) is 81.6 Å². The number of aliphatic hydroxyl groups excluding tert-OH is 5. The highest BCUT2D eigenvalue weighted by atomic mass is 127. The van der Waals surface area contributed by atoms with Gasteiger partial charge in [0, 0.05) is 25.8 Å². The van der Waals surface area contributed by atoms with Crippen molar-refractivity contribution < 1.29 is 35.1 Å². The lowest BCUT2D eigenvalue weighted by molar-refractivity contribution is -0.126. The molecule has 0 heterocycles. The van der Waals surface area contributed by atoms with Crippen molar-refractivity contribution in [1.29, 1.82) is 0 Å². The Labute approximate surface area is 209 Å². The molecule has 9 nitrogen and oxygen atoms in total. The smallest absolute Gasteiger partial charge is 0.255 e. The van der Waals surface area contributed by atoms with Gasteiger partial charge in [-0.3, -0.25) is 9.59 Å². The second kappa shape index (κ2) is 12.3. The minimum absolute atomic E-state index is 0.106. The fraction of sp³-hybridized carbons (Fsp3) is 0.529. The maximum atomic E-state index is 12.6. The molecule has 2 atom stereocenters. The molecule has 0 bridgehead atoms. The van der Waals surface area contributed by atoms with Crippen LogP contribution in [0.25, 0.3) is 0 Å². The third kappa shape index (κ3) is 6.11. The van der Waals surface area contributed by atoms with Crippen LogP contribution in [0.1, 0.15) is 19.4 Å². The number of carbonyl (C=O) groups excluding carboxylic acids is 2. The zero-order valence-corrected chi connectivity index (χ0v) is 22.2. The van der Waals surface area contributed by atoms with Gasteiger partial charge in [0.05, 0.1) is 34.8 Å². The molecule has 0 aliphatic carbocycles. The highest BCUT2D eigenvalue weighted by molar-refractivity contribution is 14.1. The predicted octanol–water partition coefficient (Wildman–Crippen LogP) is 0.405. The van der Waals surface area contributed by atoms with Gasteiger partial charge in [0.25, 0.3) is 11.8 Å². The summed E-state index contributed by atoms with van der Waals surface area (Å²) in [5.74, 6) is -1.30. The van der Waals surface area contributed by atoms with Gasteiger partial charge in [-0.1, -0.05) is 0 Å². The van der Waals surface area contributed by atoms with Gasteiger partial charge in [0.1, 0.15) is 12.2 Å². The molecule has 1 rings (SSSR count). The van der Waals surface area contributed by atoms with Gasteiger partial charge in [0.2, 0.25) is 0 Å². The van der Waals surface area contributed by atoms with Crippen LogP contribution in [0.2, 0.25) is 0 Å². The first kappa shape index (κ1) is 27.2. The molecule has 2 amide bonds. The molecule has 0 spiro atoms. The largest absolute Gasteiger partial charge is 0.395 e. The number of hydrogen-bond donors (Lipinski definition) is 5. The molecule has 0 saturated carbocycles. The van der Waals surface area contributed by atoms with Crippen molar-refractivity contribution in [2.45, 2.75) is 32.7 Å². The van der Waals surface area contributed by atoms with Crippen LogP contribution in [0.15, 0.2) is 0 Å². The van der Waals surface area contributed by atoms with E-state index in [1.54, 1.807) is 0 Å². The Hall–Kier alpha value is 0.150. The van der Waals surface area contributed by atoms with E-state index in [9.17, 15) is 35.1 Å². The minimum Gasteiger partial charge on any atom is -0.395 e. The molecular formula is C17H23I3N2O7. The van der Waals surface area contributed by atoms with Gasteiger partial charge < -0.3 is 35.3 Å². The van der Waals surface area contributed by atoms with Crippen LogP contribution in [0, 0.1) is 10.7 Å². The summed E-state index contributed by atoms with van der Waals surface area (Å²) < 4.78 is 1.50. The lowest BCUT2D eigenvalue weighted by atomic mass is 10.1. The molecule has 0 radical (unpaired) electrons. The Morgan fingerprint density at radius 3 is 1.38 bits per heavy atom. The van der Waals surface area contributed by atoms with Crippen molar-refractivity contribution in [2.24, 2.45) is 0 Å². The number of halogens is 3. The van der Waals surface area contributed by atoms with Crippen molar-refractivity contribution in [1.82, 2.24) is 0 Å². The third-order valence-electron chi connectivity index (χ3n) is 3.95. The number of carbonyl (C=O) groups is 2. The highest BCUT2D eigenvalue weighted by Crippen LogP contribution is 2.42. The lowest BCUT2D eigenvalue weighted by Crippen LogP contribution is -2.43. The van der Waals surface area contributed by atoms with Crippen molar-refractivity contribution in [3.8, 4) is 0 Å². The van der Waals surface area contributed by atoms with Gasteiger partial charge in [0.15, 0.2) is 0 Å². The van der Waals surface area contributed by atoms with Crippen LogP contribution < -0.4 is 9.80 Å². The highest BCUT2D eigenvalue weighted by Gasteiger charge is 2.32. The first-order valence-corrected chi connectivity index (χ1v) is 11.8. The van der Waals surface area contributed by atoms with Crippen LogP contribution >= 0.6 is 67.8 Å². The molecule has 29 heavy (non-hydrogen) atoms. The van der Waals surface area contributed by atoms with Crippen molar-refractivity contribution in [3.63, 3.8) is 0 Å². The Morgan fingerprint density at radius 1 is 0.793 bits per heavy atom. The van der Waals surface area contributed by atoms with E-state index in [2.05, 4.69) is 0 Å². The van der Waals surface area contributed by atoms with Gasteiger partial charge >= 0.3 is 0 Å². The molecule has 2 unspecified atom stereocenters. The summed E-state index contributed by atoms with van der Waals surface area (Å²) in [5, 5.41) is 48.5. The van der Waals surface area contributed by atoms with E-state index in [0.29, 0.717) is 27.6 Å². The average Bonchev–Trinajstić information content (AvgIpc) is 2.65. The number of rotatable bonds is 9. The molecule has 0 aromatic heterocycles. The molecule has 0 fully saturated rings.